The van der Waals surface area contributed by atoms with E-state index in [4.69, 9.17) is 0 Å². The van der Waals surface area contributed by atoms with E-state index >= 15 is 0 Å². The van der Waals surface area contributed by atoms with Crippen molar-refractivity contribution in [3.63, 3.8) is 0 Å². The van der Waals surface area contributed by atoms with Gasteiger partial charge in [0.1, 0.15) is 0 Å². The van der Waals surface area contributed by atoms with E-state index in [0.717, 1.165) is 25.3 Å². The van der Waals surface area contributed by atoms with E-state index in [1.165, 1.54) is 4.90 Å². The summed E-state index contributed by atoms with van der Waals surface area (Å²) < 4.78 is 0. The summed E-state index contributed by atoms with van der Waals surface area (Å²) in [5.74, 6) is 1.97. The smallest absolute Gasteiger partial charge is 0.236 e. The number of carbonyl (C=O) groups excluding carboxylic acids is 1. The highest BCUT2D eigenvalue weighted by Crippen LogP contribution is 2.25. The standard InChI is InChI=1S/C14H20N2OS/c1-15-9-14(17)16-8-7-12(10-16)11-18-13-5-3-2-4-6-13/h2-6,12,15H,7-11H2,1H3. The summed E-state index contributed by atoms with van der Waals surface area (Å²) in [5, 5.41) is 2.92. The highest BCUT2D eigenvalue weighted by Gasteiger charge is 2.25. The van der Waals surface area contributed by atoms with E-state index < -0.39 is 0 Å². The normalized spacial score (nSPS) is 19.2. The van der Waals surface area contributed by atoms with Crippen molar-refractivity contribution < 1.29 is 4.79 Å². The maximum absolute atomic E-state index is 11.7. The molecule has 0 aromatic heterocycles. The van der Waals surface area contributed by atoms with Crippen molar-refractivity contribution in [3.05, 3.63) is 30.3 Å². The average Bonchev–Trinajstić information content (AvgIpc) is 2.87. The molecule has 1 fully saturated rings. The van der Waals surface area contributed by atoms with Crippen LogP contribution in [0.15, 0.2) is 35.2 Å². The van der Waals surface area contributed by atoms with Crippen molar-refractivity contribution in [1.29, 1.82) is 0 Å². The van der Waals surface area contributed by atoms with Gasteiger partial charge in [0.2, 0.25) is 5.91 Å². The Balaban J connectivity index is 1.74. The van der Waals surface area contributed by atoms with Gasteiger partial charge in [0.25, 0.3) is 0 Å². The van der Waals surface area contributed by atoms with Gasteiger partial charge in [-0.1, -0.05) is 18.2 Å². The minimum absolute atomic E-state index is 0.227. The van der Waals surface area contributed by atoms with E-state index in [1.54, 1.807) is 0 Å². The van der Waals surface area contributed by atoms with Crippen LogP contribution in [-0.2, 0) is 4.79 Å². The molecule has 18 heavy (non-hydrogen) atoms. The Morgan fingerprint density at radius 2 is 2.22 bits per heavy atom. The first-order valence-corrected chi connectivity index (χ1v) is 7.38. The third-order valence-corrected chi connectivity index (χ3v) is 4.44. The predicted octanol–water partition coefficient (Wildman–Crippen LogP) is 1.85. The largest absolute Gasteiger partial charge is 0.341 e. The number of hydrogen-bond acceptors (Lipinski definition) is 3. The molecular weight excluding hydrogens is 244 g/mol. The Morgan fingerprint density at radius 1 is 1.44 bits per heavy atom. The second-order valence-electron chi connectivity index (χ2n) is 4.65. The van der Waals surface area contributed by atoms with Crippen molar-refractivity contribution in [2.45, 2.75) is 11.3 Å². The zero-order chi connectivity index (χ0) is 12.8. The predicted molar refractivity (Wildman–Crippen MR) is 75.8 cm³/mol. The average molecular weight is 264 g/mol. The van der Waals surface area contributed by atoms with Crippen LogP contribution in [0.2, 0.25) is 0 Å². The number of benzene rings is 1. The molecule has 1 saturated heterocycles. The summed E-state index contributed by atoms with van der Waals surface area (Å²) in [4.78, 5) is 15.0. The number of rotatable bonds is 5. The molecule has 1 aromatic carbocycles. The van der Waals surface area contributed by atoms with Crippen LogP contribution in [0, 0.1) is 5.92 Å². The number of likely N-dealkylation sites (N-methyl/N-ethyl adjacent to an activating group) is 1. The van der Waals surface area contributed by atoms with Crippen LogP contribution in [0.5, 0.6) is 0 Å². The molecule has 0 spiro atoms. The molecule has 0 bridgehead atoms. The molecule has 4 heteroatoms. The van der Waals surface area contributed by atoms with Crippen LogP contribution in [0.4, 0.5) is 0 Å². The van der Waals surface area contributed by atoms with Crippen molar-refractivity contribution in [3.8, 4) is 0 Å². The van der Waals surface area contributed by atoms with Crippen molar-refractivity contribution >= 4 is 17.7 Å². The number of likely N-dealkylation sites (tertiary alicyclic amines) is 1. The van der Waals surface area contributed by atoms with Gasteiger partial charge in [0, 0.05) is 23.7 Å². The number of nitrogens with zero attached hydrogens (tertiary/aromatic N) is 1. The number of amides is 1. The summed E-state index contributed by atoms with van der Waals surface area (Å²) in [6, 6.07) is 10.5. The summed E-state index contributed by atoms with van der Waals surface area (Å²) in [6.45, 7) is 2.29. The molecule has 1 heterocycles. The van der Waals surface area contributed by atoms with Gasteiger partial charge in [-0.2, -0.15) is 0 Å². The molecule has 0 saturated carbocycles. The molecule has 2 rings (SSSR count). The molecule has 1 amide bonds. The van der Waals surface area contributed by atoms with Crippen LogP contribution in [0.3, 0.4) is 0 Å². The van der Waals surface area contributed by atoms with E-state index in [9.17, 15) is 4.79 Å². The molecular formula is C14H20N2OS. The van der Waals surface area contributed by atoms with Gasteiger partial charge in [0.15, 0.2) is 0 Å². The van der Waals surface area contributed by atoms with Gasteiger partial charge in [0.05, 0.1) is 6.54 Å². The second-order valence-corrected chi connectivity index (χ2v) is 5.74. The van der Waals surface area contributed by atoms with Gasteiger partial charge in [-0.3, -0.25) is 4.79 Å². The fourth-order valence-electron chi connectivity index (χ4n) is 2.19. The van der Waals surface area contributed by atoms with E-state index in [2.05, 4.69) is 29.6 Å². The third-order valence-electron chi connectivity index (χ3n) is 3.20. The van der Waals surface area contributed by atoms with Gasteiger partial charge in [-0.15, -0.1) is 11.8 Å². The molecule has 1 aromatic rings. The van der Waals surface area contributed by atoms with Gasteiger partial charge in [-0.05, 0) is 31.5 Å². The molecule has 1 unspecified atom stereocenters. The van der Waals surface area contributed by atoms with Crippen molar-refractivity contribution in [2.75, 3.05) is 32.4 Å². The zero-order valence-electron chi connectivity index (χ0n) is 10.8. The molecule has 3 nitrogen and oxygen atoms in total. The molecule has 98 valence electrons. The van der Waals surface area contributed by atoms with Gasteiger partial charge in [-0.25, -0.2) is 0 Å². The fraction of sp³-hybridized carbons (Fsp3) is 0.500. The van der Waals surface area contributed by atoms with E-state index in [0.29, 0.717) is 12.5 Å². The fourth-order valence-corrected chi connectivity index (χ4v) is 3.24. The Kier molecular flexibility index (Phi) is 5.08. The van der Waals surface area contributed by atoms with E-state index in [-0.39, 0.29) is 5.91 Å². The summed E-state index contributed by atoms with van der Waals surface area (Å²) in [6.07, 6.45) is 1.13. The van der Waals surface area contributed by atoms with Gasteiger partial charge >= 0.3 is 0 Å². The third kappa shape index (κ3) is 3.75. The SMILES string of the molecule is CNCC(=O)N1CCC(CSc2ccccc2)C1. The lowest BCUT2D eigenvalue weighted by Crippen LogP contribution is -2.35. The summed E-state index contributed by atoms with van der Waals surface area (Å²) in [7, 11) is 1.82. The molecule has 0 aliphatic carbocycles. The van der Waals surface area contributed by atoms with E-state index in [1.807, 2.05) is 29.8 Å². The van der Waals surface area contributed by atoms with Crippen LogP contribution >= 0.6 is 11.8 Å². The second kappa shape index (κ2) is 6.81. The first kappa shape index (κ1) is 13.4. The Bertz CT molecular complexity index is 383. The molecule has 1 atom stereocenters. The quantitative estimate of drug-likeness (QED) is 0.824. The highest BCUT2D eigenvalue weighted by molar-refractivity contribution is 7.99. The first-order valence-electron chi connectivity index (χ1n) is 6.40. The van der Waals surface area contributed by atoms with Crippen LogP contribution < -0.4 is 5.32 Å². The minimum atomic E-state index is 0.227. The van der Waals surface area contributed by atoms with Crippen LogP contribution in [0.25, 0.3) is 0 Å². The van der Waals surface area contributed by atoms with Crippen molar-refractivity contribution in [1.82, 2.24) is 10.2 Å². The molecule has 1 N–H and O–H groups in total. The number of thioether (sulfide) groups is 1. The molecule has 1 aliphatic heterocycles. The molecule has 1 aliphatic rings. The van der Waals surface area contributed by atoms with Crippen LogP contribution in [0.1, 0.15) is 6.42 Å². The minimum Gasteiger partial charge on any atom is -0.341 e. The van der Waals surface area contributed by atoms with Crippen LogP contribution in [-0.4, -0.2) is 43.2 Å². The first-order chi connectivity index (χ1) is 8.79. The lowest BCUT2D eigenvalue weighted by molar-refractivity contribution is -0.129. The maximum atomic E-state index is 11.7. The number of carbonyl (C=O) groups is 1. The Hall–Kier alpha value is -1.00. The lowest BCUT2D eigenvalue weighted by atomic mass is 10.2. The van der Waals surface area contributed by atoms with Crippen molar-refractivity contribution in [2.24, 2.45) is 5.92 Å². The topological polar surface area (TPSA) is 32.3 Å². The number of nitrogens with one attached hydrogen (secondary N) is 1. The molecule has 0 radical (unpaired) electrons. The monoisotopic (exact) mass is 264 g/mol. The lowest BCUT2D eigenvalue weighted by Gasteiger charge is -2.16. The zero-order valence-corrected chi connectivity index (χ0v) is 11.6. The summed E-state index contributed by atoms with van der Waals surface area (Å²) in [5.41, 5.74) is 0. The summed E-state index contributed by atoms with van der Waals surface area (Å²) >= 11 is 1.89. The highest BCUT2D eigenvalue weighted by atomic mass is 32.2. The van der Waals surface area contributed by atoms with Gasteiger partial charge < -0.3 is 10.2 Å². The number of hydrogen-bond donors (Lipinski definition) is 1. The Morgan fingerprint density at radius 3 is 2.94 bits per heavy atom. The Labute approximate surface area is 113 Å². The maximum Gasteiger partial charge on any atom is 0.236 e.